The largest absolute Gasteiger partial charge is 0.386 e. The molecule has 1 aromatic heterocycles. The summed E-state index contributed by atoms with van der Waals surface area (Å²) in [5.41, 5.74) is 0.416. The zero-order valence-electron chi connectivity index (χ0n) is 11.4. The molecular weight excluding hydrogens is 288 g/mol. The van der Waals surface area contributed by atoms with Crippen LogP contribution in [0.3, 0.4) is 0 Å². The summed E-state index contributed by atoms with van der Waals surface area (Å²) in [6.07, 6.45) is 0.541. The van der Waals surface area contributed by atoms with Crippen LogP contribution in [0, 0.1) is 0 Å². The Balaban J connectivity index is 1.64. The highest BCUT2D eigenvalue weighted by atomic mass is 32.1. The van der Waals surface area contributed by atoms with Gasteiger partial charge in [-0.15, -0.1) is 11.3 Å². The van der Waals surface area contributed by atoms with E-state index in [0.29, 0.717) is 18.7 Å². The van der Waals surface area contributed by atoms with E-state index in [0.717, 1.165) is 10.6 Å². The van der Waals surface area contributed by atoms with Crippen LogP contribution in [0.1, 0.15) is 16.9 Å². The van der Waals surface area contributed by atoms with Gasteiger partial charge in [0.1, 0.15) is 16.3 Å². The van der Waals surface area contributed by atoms with Gasteiger partial charge in [0.15, 0.2) is 0 Å². The molecule has 1 atom stereocenters. The Hall–Kier alpha value is -1.76. The van der Waals surface area contributed by atoms with Crippen LogP contribution in [0.15, 0.2) is 35.7 Å². The number of amides is 1. The Morgan fingerprint density at radius 1 is 1.43 bits per heavy atom. The second-order valence-electron chi connectivity index (χ2n) is 5.11. The molecule has 0 aliphatic carbocycles. The number of thiazole rings is 1. The zero-order chi connectivity index (χ0) is 14.7. The van der Waals surface area contributed by atoms with Crippen LogP contribution in [0.25, 0.3) is 10.6 Å². The van der Waals surface area contributed by atoms with Gasteiger partial charge in [-0.1, -0.05) is 30.3 Å². The molecule has 0 bridgehead atoms. The Bertz CT molecular complexity index is 621. The molecular formula is C15H16N2O3S. The maximum atomic E-state index is 12.1. The highest BCUT2D eigenvalue weighted by molar-refractivity contribution is 7.13. The lowest BCUT2D eigenvalue weighted by Crippen LogP contribution is -2.43. The smallest absolute Gasteiger partial charge is 0.270 e. The number of benzene rings is 1. The third-order valence-electron chi connectivity index (χ3n) is 3.42. The molecule has 1 aliphatic rings. The van der Waals surface area contributed by atoms with Crippen LogP contribution in [0.4, 0.5) is 0 Å². The van der Waals surface area contributed by atoms with Crippen molar-refractivity contribution in [3.8, 4) is 10.6 Å². The van der Waals surface area contributed by atoms with Gasteiger partial charge in [-0.25, -0.2) is 4.98 Å². The second kappa shape index (κ2) is 5.93. The van der Waals surface area contributed by atoms with E-state index in [1.54, 1.807) is 5.38 Å². The van der Waals surface area contributed by atoms with Crippen molar-refractivity contribution in [1.29, 1.82) is 0 Å². The van der Waals surface area contributed by atoms with E-state index in [9.17, 15) is 9.90 Å². The molecule has 2 heterocycles. The topological polar surface area (TPSA) is 71.5 Å². The van der Waals surface area contributed by atoms with Crippen molar-refractivity contribution in [2.24, 2.45) is 0 Å². The number of rotatable bonds is 4. The van der Waals surface area contributed by atoms with E-state index in [-0.39, 0.29) is 19.1 Å². The van der Waals surface area contributed by atoms with Crippen LogP contribution in [0.5, 0.6) is 0 Å². The summed E-state index contributed by atoms with van der Waals surface area (Å²) in [4.78, 5) is 16.4. The van der Waals surface area contributed by atoms with Gasteiger partial charge in [-0.2, -0.15) is 0 Å². The predicted octanol–water partition coefficient (Wildman–Crippen LogP) is 1.69. The fourth-order valence-corrected chi connectivity index (χ4v) is 2.97. The number of carbonyl (C=O) groups is 1. The standard InChI is InChI=1S/C15H16N2O3S/c18-13(16-9-15(19)6-7-20-10-15)12-8-21-14(17-12)11-4-2-1-3-5-11/h1-5,8,19H,6-7,9-10H2,(H,16,18)/t15-/m0/s1. The van der Waals surface area contributed by atoms with Gasteiger partial charge in [0.05, 0.1) is 6.61 Å². The lowest BCUT2D eigenvalue weighted by Gasteiger charge is -2.20. The first-order chi connectivity index (χ1) is 10.2. The molecule has 1 amide bonds. The lowest BCUT2D eigenvalue weighted by atomic mass is 10.0. The van der Waals surface area contributed by atoms with Crippen molar-refractivity contribution >= 4 is 17.2 Å². The van der Waals surface area contributed by atoms with E-state index >= 15 is 0 Å². The first-order valence-corrected chi connectivity index (χ1v) is 7.64. The van der Waals surface area contributed by atoms with Crippen LogP contribution in [-0.2, 0) is 4.74 Å². The molecule has 21 heavy (non-hydrogen) atoms. The van der Waals surface area contributed by atoms with E-state index in [1.807, 2.05) is 30.3 Å². The SMILES string of the molecule is O=C(NC[C@@]1(O)CCOC1)c1csc(-c2ccccc2)n1. The minimum Gasteiger partial charge on any atom is -0.386 e. The van der Waals surface area contributed by atoms with Gasteiger partial charge in [0, 0.05) is 30.5 Å². The molecule has 0 spiro atoms. The molecule has 3 rings (SSSR count). The third-order valence-corrected chi connectivity index (χ3v) is 4.31. The molecule has 5 nitrogen and oxygen atoms in total. The molecule has 1 saturated heterocycles. The normalized spacial score (nSPS) is 21.4. The minimum absolute atomic E-state index is 0.185. The molecule has 110 valence electrons. The summed E-state index contributed by atoms with van der Waals surface area (Å²) >= 11 is 1.43. The van der Waals surface area contributed by atoms with Crippen molar-refractivity contribution in [1.82, 2.24) is 10.3 Å². The number of hydrogen-bond acceptors (Lipinski definition) is 5. The number of carbonyl (C=O) groups excluding carboxylic acids is 1. The van der Waals surface area contributed by atoms with Crippen LogP contribution < -0.4 is 5.32 Å². The van der Waals surface area contributed by atoms with Crippen molar-refractivity contribution < 1.29 is 14.6 Å². The molecule has 0 saturated carbocycles. The third kappa shape index (κ3) is 3.29. The maximum Gasteiger partial charge on any atom is 0.270 e. The molecule has 1 fully saturated rings. The molecule has 1 aliphatic heterocycles. The van der Waals surface area contributed by atoms with Gasteiger partial charge >= 0.3 is 0 Å². The Morgan fingerprint density at radius 3 is 2.95 bits per heavy atom. The van der Waals surface area contributed by atoms with Gasteiger partial charge < -0.3 is 15.2 Å². The number of hydrogen-bond donors (Lipinski definition) is 2. The molecule has 0 unspecified atom stereocenters. The molecule has 6 heteroatoms. The van der Waals surface area contributed by atoms with Gasteiger partial charge in [-0.05, 0) is 0 Å². The van der Waals surface area contributed by atoms with Crippen molar-refractivity contribution in [2.75, 3.05) is 19.8 Å². The van der Waals surface area contributed by atoms with Crippen molar-refractivity contribution in [3.05, 3.63) is 41.4 Å². The highest BCUT2D eigenvalue weighted by Gasteiger charge is 2.32. The Kier molecular flexibility index (Phi) is 4.01. The summed E-state index contributed by atoms with van der Waals surface area (Å²) in [6.45, 7) is 0.977. The first kappa shape index (κ1) is 14.2. The van der Waals surface area contributed by atoms with Crippen LogP contribution >= 0.6 is 11.3 Å². The van der Waals surface area contributed by atoms with E-state index in [2.05, 4.69) is 10.3 Å². The Morgan fingerprint density at radius 2 is 2.24 bits per heavy atom. The van der Waals surface area contributed by atoms with E-state index in [1.165, 1.54) is 11.3 Å². The van der Waals surface area contributed by atoms with Crippen LogP contribution in [0.2, 0.25) is 0 Å². The van der Waals surface area contributed by atoms with Gasteiger partial charge in [-0.3, -0.25) is 4.79 Å². The summed E-state index contributed by atoms with van der Waals surface area (Å²) in [7, 11) is 0. The number of aliphatic hydroxyl groups is 1. The number of nitrogens with one attached hydrogen (secondary N) is 1. The first-order valence-electron chi connectivity index (χ1n) is 6.76. The summed E-state index contributed by atoms with van der Waals surface area (Å²) in [6, 6.07) is 9.73. The number of ether oxygens (including phenoxy) is 1. The molecule has 2 N–H and O–H groups in total. The van der Waals surface area contributed by atoms with Crippen molar-refractivity contribution in [2.45, 2.75) is 12.0 Å². The average Bonchev–Trinajstić information content (AvgIpc) is 3.16. The number of aromatic nitrogens is 1. The summed E-state index contributed by atoms with van der Waals surface area (Å²) in [5, 5.41) is 15.4. The van der Waals surface area contributed by atoms with E-state index in [4.69, 9.17) is 4.74 Å². The summed E-state index contributed by atoms with van der Waals surface area (Å²) < 4.78 is 5.15. The monoisotopic (exact) mass is 304 g/mol. The molecule has 2 aromatic rings. The van der Waals surface area contributed by atoms with Gasteiger partial charge in [0.25, 0.3) is 5.91 Å². The Labute approximate surface area is 126 Å². The van der Waals surface area contributed by atoms with Gasteiger partial charge in [0.2, 0.25) is 0 Å². The lowest BCUT2D eigenvalue weighted by molar-refractivity contribution is 0.0264. The second-order valence-corrected chi connectivity index (χ2v) is 5.97. The summed E-state index contributed by atoms with van der Waals surface area (Å²) in [5.74, 6) is -0.270. The molecule has 1 aromatic carbocycles. The quantitative estimate of drug-likeness (QED) is 0.902. The highest BCUT2D eigenvalue weighted by Crippen LogP contribution is 2.23. The molecule has 0 radical (unpaired) electrons. The maximum absolute atomic E-state index is 12.1. The number of nitrogens with zero attached hydrogens (tertiary/aromatic N) is 1. The van der Waals surface area contributed by atoms with Crippen LogP contribution in [-0.4, -0.2) is 41.4 Å². The van der Waals surface area contributed by atoms with E-state index < -0.39 is 5.60 Å². The minimum atomic E-state index is -0.950. The van der Waals surface area contributed by atoms with Crippen molar-refractivity contribution in [3.63, 3.8) is 0 Å². The zero-order valence-corrected chi connectivity index (χ0v) is 12.2. The fourth-order valence-electron chi connectivity index (χ4n) is 2.16. The average molecular weight is 304 g/mol. The predicted molar refractivity (Wildman–Crippen MR) is 80.3 cm³/mol. The fraction of sp³-hybridized carbons (Fsp3) is 0.333.